The van der Waals surface area contributed by atoms with E-state index in [0.29, 0.717) is 5.56 Å². The molecule has 1 rings (SSSR count). The van der Waals surface area contributed by atoms with Crippen LogP contribution < -0.4 is 0 Å². The van der Waals surface area contributed by atoms with Crippen molar-refractivity contribution in [3.63, 3.8) is 0 Å². The van der Waals surface area contributed by atoms with Crippen molar-refractivity contribution in [2.24, 2.45) is 0 Å². The molecule has 0 saturated carbocycles. The second kappa shape index (κ2) is 5.10. The van der Waals surface area contributed by atoms with Gasteiger partial charge in [-0.05, 0) is 24.1 Å². The van der Waals surface area contributed by atoms with E-state index in [1.165, 1.54) is 13.0 Å². The van der Waals surface area contributed by atoms with Crippen LogP contribution in [0.5, 0.6) is 0 Å². The van der Waals surface area contributed by atoms with Crippen LogP contribution in [0.4, 0.5) is 0 Å². The second-order valence-electron chi connectivity index (χ2n) is 3.21. The van der Waals surface area contributed by atoms with Gasteiger partial charge in [0.15, 0.2) is 5.78 Å². The highest BCUT2D eigenvalue weighted by Crippen LogP contribution is 2.11. The predicted octanol–water partition coefficient (Wildman–Crippen LogP) is 1.92. The van der Waals surface area contributed by atoms with Crippen LogP contribution in [-0.4, -0.2) is 16.9 Å². The van der Waals surface area contributed by atoms with Crippen LogP contribution in [-0.2, 0) is 16.0 Å². The molecule has 1 aromatic rings. The largest absolute Gasteiger partial charge is 0.481 e. The van der Waals surface area contributed by atoms with E-state index in [1.807, 2.05) is 6.07 Å². The Balaban J connectivity index is 2.95. The van der Waals surface area contributed by atoms with Crippen LogP contribution in [0.1, 0.15) is 18.1 Å². The number of ketones is 1. The number of rotatable bonds is 4. The van der Waals surface area contributed by atoms with Crippen molar-refractivity contribution < 1.29 is 14.7 Å². The SMILES string of the molecule is CC(=O)/C=C/c1ccccc1CC(=O)O. The highest BCUT2D eigenvalue weighted by atomic mass is 16.4. The Kier molecular flexibility index (Phi) is 3.80. The lowest BCUT2D eigenvalue weighted by Crippen LogP contribution is -2.01. The summed E-state index contributed by atoms with van der Waals surface area (Å²) in [7, 11) is 0. The van der Waals surface area contributed by atoms with Crippen molar-refractivity contribution >= 4 is 17.8 Å². The number of hydrogen-bond donors (Lipinski definition) is 1. The van der Waals surface area contributed by atoms with Crippen LogP contribution in [0.3, 0.4) is 0 Å². The first-order valence-electron chi connectivity index (χ1n) is 4.58. The first kappa shape index (κ1) is 11.2. The third-order valence-electron chi connectivity index (χ3n) is 1.89. The van der Waals surface area contributed by atoms with Gasteiger partial charge in [0.2, 0.25) is 0 Å². The second-order valence-corrected chi connectivity index (χ2v) is 3.21. The molecule has 1 N–H and O–H groups in total. The fourth-order valence-corrected chi connectivity index (χ4v) is 1.23. The summed E-state index contributed by atoms with van der Waals surface area (Å²) < 4.78 is 0. The molecule has 0 aliphatic rings. The molecule has 3 nitrogen and oxygen atoms in total. The number of allylic oxidation sites excluding steroid dienone is 1. The summed E-state index contributed by atoms with van der Waals surface area (Å²) >= 11 is 0. The molecular formula is C12H12O3. The Morgan fingerprint density at radius 3 is 2.60 bits per heavy atom. The van der Waals surface area contributed by atoms with Gasteiger partial charge in [0.1, 0.15) is 0 Å². The highest BCUT2D eigenvalue weighted by molar-refractivity contribution is 5.91. The number of carboxylic acids is 1. The van der Waals surface area contributed by atoms with E-state index in [0.717, 1.165) is 5.56 Å². The molecule has 0 aliphatic carbocycles. The lowest BCUT2D eigenvalue weighted by Gasteiger charge is -2.01. The summed E-state index contributed by atoms with van der Waals surface area (Å²) in [4.78, 5) is 21.3. The van der Waals surface area contributed by atoms with E-state index in [9.17, 15) is 9.59 Å². The van der Waals surface area contributed by atoms with Crippen LogP contribution in [0.25, 0.3) is 6.08 Å². The summed E-state index contributed by atoms with van der Waals surface area (Å²) in [5, 5.41) is 8.68. The van der Waals surface area contributed by atoms with E-state index >= 15 is 0 Å². The molecule has 3 heteroatoms. The van der Waals surface area contributed by atoms with E-state index in [2.05, 4.69) is 0 Å². The molecular weight excluding hydrogens is 192 g/mol. The maximum absolute atomic E-state index is 10.7. The molecule has 78 valence electrons. The number of carboxylic acid groups (broad SMARTS) is 1. The molecule has 0 saturated heterocycles. The maximum atomic E-state index is 10.7. The minimum atomic E-state index is -0.876. The Bertz CT molecular complexity index is 405. The zero-order valence-corrected chi connectivity index (χ0v) is 8.43. The van der Waals surface area contributed by atoms with Crippen LogP contribution in [0.15, 0.2) is 30.3 Å². The first-order valence-corrected chi connectivity index (χ1v) is 4.58. The van der Waals surface area contributed by atoms with Crippen molar-refractivity contribution in [1.82, 2.24) is 0 Å². The lowest BCUT2D eigenvalue weighted by atomic mass is 10.0. The normalized spacial score (nSPS) is 10.5. The number of hydrogen-bond acceptors (Lipinski definition) is 2. The average molecular weight is 204 g/mol. The fraction of sp³-hybridized carbons (Fsp3) is 0.167. The minimum absolute atomic E-state index is 0.0293. The van der Waals surface area contributed by atoms with Crippen molar-refractivity contribution in [1.29, 1.82) is 0 Å². The summed E-state index contributed by atoms with van der Waals surface area (Å²) in [6, 6.07) is 7.13. The Morgan fingerprint density at radius 2 is 2.00 bits per heavy atom. The van der Waals surface area contributed by atoms with Crippen molar-refractivity contribution in [3.8, 4) is 0 Å². The molecule has 0 atom stereocenters. The van der Waals surface area contributed by atoms with Gasteiger partial charge < -0.3 is 5.11 Å². The summed E-state index contributed by atoms with van der Waals surface area (Å²) in [5.74, 6) is -0.932. The van der Waals surface area contributed by atoms with Gasteiger partial charge in [-0.3, -0.25) is 9.59 Å². The van der Waals surface area contributed by atoms with E-state index < -0.39 is 5.97 Å². The Hall–Kier alpha value is -1.90. The van der Waals surface area contributed by atoms with Gasteiger partial charge in [0.05, 0.1) is 6.42 Å². The molecule has 0 spiro atoms. The Morgan fingerprint density at radius 1 is 1.33 bits per heavy atom. The van der Waals surface area contributed by atoms with Gasteiger partial charge in [-0.1, -0.05) is 30.3 Å². The monoisotopic (exact) mass is 204 g/mol. The van der Waals surface area contributed by atoms with E-state index in [-0.39, 0.29) is 12.2 Å². The smallest absolute Gasteiger partial charge is 0.307 e. The highest BCUT2D eigenvalue weighted by Gasteiger charge is 2.03. The minimum Gasteiger partial charge on any atom is -0.481 e. The van der Waals surface area contributed by atoms with Crippen molar-refractivity contribution in [2.75, 3.05) is 0 Å². The van der Waals surface area contributed by atoms with Gasteiger partial charge >= 0.3 is 5.97 Å². The quantitative estimate of drug-likeness (QED) is 0.762. The number of benzene rings is 1. The molecule has 0 amide bonds. The third-order valence-corrected chi connectivity index (χ3v) is 1.89. The molecule has 15 heavy (non-hydrogen) atoms. The Labute approximate surface area is 88.0 Å². The predicted molar refractivity (Wildman–Crippen MR) is 57.5 cm³/mol. The summed E-state index contributed by atoms with van der Waals surface area (Å²) in [5.41, 5.74) is 1.48. The van der Waals surface area contributed by atoms with Crippen molar-refractivity contribution in [2.45, 2.75) is 13.3 Å². The van der Waals surface area contributed by atoms with Crippen molar-refractivity contribution in [3.05, 3.63) is 41.5 Å². The molecule has 0 heterocycles. The van der Waals surface area contributed by atoms with Gasteiger partial charge in [-0.15, -0.1) is 0 Å². The average Bonchev–Trinajstić information content (AvgIpc) is 2.15. The van der Waals surface area contributed by atoms with Crippen LogP contribution in [0, 0.1) is 0 Å². The zero-order valence-electron chi connectivity index (χ0n) is 8.43. The molecule has 0 aromatic heterocycles. The van der Waals surface area contributed by atoms with Gasteiger partial charge in [0.25, 0.3) is 0 Å². The molecule has 0 unspecified atom stereocenters. The lowest BCUT2D eigenvalue weighted by molar-refractivity contribution is -0.136. The summed E-state index contributed by atoms with van der Waals surface area (Å²) in [6.45, 7) is 1.45. The van der Waals surface area contributed by atoms with Gasteiger partial charge in [-0.2, -0.15) is 0 Å². The third kappa shape index (κ3) is 3.77. The maximum Gasteiger partial charge on any atom is 0.307 e. The summed E-state index contributed by atoms with van der Waals surface area (Å²) in [6.07, 6.45) is 3.04. The molecule has 1 aromatic carbocycles. The van der Waals surface area contributed by atoms with E-state index in [4.69, 9.17) is 5.11 Å². The zero-order chi connectivity index (χ0) is 11.3. The number of carbonyl (C=O) groups is 2. The van der Waals surface area contributed by atoms with Crippen LogP contribution in [0.2, 0.25) is 0 Å². The number of carbonyl (C=O) groups excluding carboxylic acids is 1. The molecule has 0 radical (unpaired) electrons. The van der Waals surface area contributed by atoms with Gasteiger partial charge in [-0.25, -0.2) is 0 Å². The van der Waals surface area contributed by atoms with E-state index in [1.54, 1.807) is 24.3 Å². The standard InChI is InChI=1S/C12H12O3/c1-9(13)6-7-10-4-2-3-5-11(10)8-12(14)15/h2-7H,8H2,1H3,(H,14,15)/b7-6+. The molecule has 0 fully saturated rings. The van der Waals surface area contributed by atoms with Crippen LogP contribution >= 0.6 is 0 Å². The molecule has 0 aliphatic heterocycles. The molecule has 0 bridgehead atoms. The topological polar surface area (TPSA) is 54.4 Å². The first-order chi connectivity index (χ1) is 7.09. The van der Waals surface area contributed by atoms with Gasteiger partial charge in [0, 0.05) is 0 Å². The number of aliphatic carboxylic acids is 1. The fourth-order valence-electron chi connectivity index (χ4n) is 1.23.